The second-order valence-electron chi connectivity index (χ2n) is 3.77. The lowest BCUT2D eigenvalue weighted by Gasteiger charge is -2.20. The highest BCUT2D eigenvalue weighted by Crippen LogP contribution is 2.25. The van der Waals surface area contributed by atoms with Crippen LogP contribution in [0.3, 0.4) is 0 Å². The van der Waals surface area contributed by atoms with Crippen molar-refractivity contribution in [1.29, 1.82) is 0 Å². The number of hydrogen-bond donors (Lipinski definition) is 1. The maximum absolute atomic E-state index is 11.5. The first kappa shape index (κ1) is 13.7. The first-order valence-electron chi connectivity index (χ1n) is 4.98. The van der Waals surface area contributed by atoms with Crippen LogP contribution < -0.4 is 0 Å². The smallest absolute Gasteiger partial charge is 0.153 e. The molecule has 1 aromatic rings. The molecule has 0 spiro atoms. The SMILES string of the molecule is CC[C@@H]([C@@H](O)c1ccc(Br)cc1)S(C)(=O)=O. The van der Waals surface area contributed by atoms with E-state index in [9.17, 15) is 13.5 Å². The van der Waals surface area contributed by atoms with Crippen LogP contribution in [0.25, 0.3) is 0 Å². The molecule has 0 saturated carbocycles. The zero-order valence-electron chi connectivity index (χ0n) is 9.22. The molecule has 16 heavy (non-hydrogen) atoms. The highest BCUT2D eigenvalue weighted by Gasteiger charge is 2.28. The minimum absolute atomic E-state index is 0.399. The zero-order valence-corrected chi connectivity index (χ0v) is 11.6. The maximum Gasteiger partial charge on any atom is 0.153 e. The van der Waals surface area contributed by atoms with Gasteiger partial charge in [-0.1, -0.05) is 35.0 Å². The summed E-state index contributed by atoms with van der Waals surface area (Å²) in [5, 5.41) is 9.27. The van der Waals surface area contributed by atoms with Gasteiger partial charge in [0.25, 0.3) is 0 Å². The molecule has 0 aromatic heterocycles. The van der Waals surface area contributed by atoms with Crippen LogP contribution in [0.1, 0.15) is 25.0 Å². The van der Waals surface area contributed by atoms with Crippen molar-refractivity contribution >= 4 is 25.8 Å². The number of aliphatic hydroxyl groups excluding tert-OH is 1. The van der Waals surface area contributed by atoms with E-state index in [-0.39, 0.29) is 0 Å². The molecule has 0 bridgehead atoms. The Morgan fingerprint density at radius 1 is 1.31 bits per heavy atom. The minimum atomic E-state index is -3.23. The second-order valence-corrected chi connectivity index (χ2v) is 6.95. The summed E-state index contributed by atoms with van der Waals surface area (Å²) in [4.78, 5) is 0. The zero-order chi connectivity index (χ0) is 12.3. The molecule has 0 aliphatic heterocycles. The Morgan fingerprint density at radius 3 is 2.19 bits per heavy atom. The molecule has 1 N–H and O–H groups in total. The molecule has 90 valence electrons. The molecule has 1 aromatic carbocycles. The molecule has 5 heteroatoms. The van der Waals surface area contributed by atoms with Crippen molar-refractivity contribution in [2.24, 2.45) is 0 Å². The molecule has 1 rings (SSSR count). The quantitative estimate of drug-likeness (QED) is 0.928. The third kappa shape index (κ3) is 3.30. The molecule has 0 aliphatic carbocycles. The van der Waals surface area contributed by atoms with E-state index in [2.05, 4.69) is 15.9 Å². The van der Waals surface area contributed by atoms with Gasteiger partial charge in [-0.25, -0.2) is 8.42 Å². The standard InChI is InChI=1S/C11H15BrO3S/c1-3-10(16(2,14)15)11(13)8-4-6-9(12)7-5-8/h4-7,10-11,13H,3H2,1-2H3/t10-,11-/m0/s1. The number of aliphatic hydroxyl groups is 1. The van der Waals surface area contributed by atoms with E-state index in [0.29, 0.717) is 12.0 Å². The van der Waals surface area contributed by atoms with Crippen LogP contribution in [0.5, 0.6) is 0 Å². The predicted octanol–water partition coefficient (Wildman–Crippen LogP) is 2.31. The average molecular weight is 307 g/mol. The summed E-state index contributed by atoms with van der Waals surface area (Å²) >= 11 is 3.29. The lowest BCUT2D eigenvalue weighted by Crippen LogP contribution is -2.26. The molecule has 0 saturated heterocycles. The lowest BCUT2D eigenvalue weighted by atomic mass is 10.1. The third-order valence-corrected chi connectivity index (χ3v) is 4.74. The van der Waals surface area contributed by atoms with E-state index in [4.69, 9.17) is 0 Å². The Labute approximate surface area is 105 Å². The molecule has 0 heterocycles. The van der Waals surface area contributed by atoms with Gasteiger partial charge < -0.3 is 5.11 Å². The van der Waals surface area contributed by atoms with Gasteiger partial charge in [0.1, 0.15) is 0 Å². The molecular weight excluding hydrogens is 292 g/mol. The summed E-state index contributed by atoms with van der Waals surface area (Å²) in [6, 6.07) is 7.02. The van der Waals surface area contributed by atoms with Crippen molar-refractivity contribution in [3.05, 3.63) is 34.3 Å². The van der Waals surface area contributed by atoms with Gasteiger partial charge in [0, 0.05) is 10.7 Å². The van der Waals surface area contributed by atoms with E-state index in [0.717, 1.165) is 10.7 Å². The Balaban J connectivity index is 3.00. The van der Waals surface area contributed by atoms with E-state index in [1.54, 1.807) is 31.2 Å². The van der Waals surface area contributed by atoms with Gasteiger partial charge in [-0.15, -0.1) is 0 Å². The fourth-order valence-corrected chi connectivity index (χ4v) is 3.13. The van der Waals surface area contributed by atoms with Gasteiger partial charge >= 0.3 is 0 Å². The molecule has 0 radical (unpaired) electrons. The number of benzene rings is 1. The van der Waals surface area contributed by atoms with Gasteiger partial charge in [-0.2, -0.15) is 0 Å². The summed E-state index contributed by atoms with van der Waals surface area (Å²) < 4.78 is 23.8. The van der Waals surface area contributed by atoms with Gasteiger partial charge in [-0.3, -0.25) is 0 Å². The Hall–Kier alpha value is -0.390. The van der Waals surface area contributed by atoms with Crippen LogP contribution in [0.2, 0.25) is 0 Å². The minimum Gasteiger partial charge on any atom is -0.387 e. The third-order valence-electron chi connectivity index (χ3n) is 2.52. The van der Waals surface area contributed by atoms with E-state index in [1.165, 1.54) is 0 Å². The molecule has 2 atom stereocenters. The van der Waals surface area contributed by atoms with Crippen molar-refractivity contribution in [2.45, 2.75) is 24.7 Å². The van der Waals surface area contributed by atoms with Crippen molar-refractivity contribution in [3.8, 4) is 0 Å². The summed E-state index contributed by atoms with van der Waals surface area (Å²) in [7, 11) is -3.23. The van der Waals surface area contributed by atoms with Gasteiger partial charge in [0.15, 0.2) is 9.84 Å². The predicted molar refractivity (Wildman–Crippen MR) is 68.0 cm³/mol. The van der Waals surface area contributed by atoms with Crippen LogP contribution in [-0.4, -0.2) is 25.0 Å². The number of rotatable bonds is 4. The molecule has 0 aliphatic rings. The second kappa shape index (κ2) is 5.29. The van der Waals surface area contributed by atoms with Gasteiger partial charge in [0.2, 0.25) is 0 Å². The highest BCUT2D eigenvalue weighted by atomic mass is 79.9. The molecule has 3 nitrogen and oxygen atoms in total. The van der Waals surface area contributed by atoms with Crippen LogP contribution in [-0.2, 0) is 9.84 Å². The summed E-state index contributed by atoms with van der Waals surface area (Å²) in [6.45, 7) is 1.76. The first-order valence-corrected chi connectivity index (χ1v) is 7.73. The maximum atomic E-state index is 11.5. The normalized spacial score (nSPS) is 15.8. The molecule has 0 unspecified atom stereocenters. The largest absolute Gasteiger partial charge is 0.387 e. The summed E-state index contributed by atoms with van der Waals surface area (Å²) in [5.74, 6) is 0. The number of halogens is 1. The fourth-order valence-electron chi connectivity index (χ4n) is 1.63. The number of hydrogen-bond acceptors (Lipinski definition) is 3. The Kier molecular flexibility index (Phi) is 4.52. The Morgan fingerprint density at radius 2 is 1.81 bits per heavy atom. The van der Waals surface area contributed by atoms with Gasteiger partial charge in [-0.05, 0) is 24.1 Å². The molecule has 0 fully saturated rings. The van der Waals surface area contributed by atoms with Crippen molar-refractivity contribution < 1.29 is 13.5 Å². The monoisotopic (exact) mass is 306 g/mol. The summed E-state index contributed by atoms with van der Waals surface area (Å²) in [5.41, 5.74) is 0.625. The van der Waals surface area contributed by atoms with E-state index >= 15 is 0 Å². The number of sulfone groups is 1. The first-order chi connectivity index (χ1) is 7.36. The average Bonchev–Trinajstić information content (AvgIpc) is 2.17. The topological polar surface area (TPSA) is 54.4 Å². The summed E-state index contributed by atoms with van der Waals surface area (Å²) in [6.07, 6.45) is 0.590. The van der Waals surface area contributed by atoms with E-state index < -0.39 is 21.2 Å². The van der Waals surface area contributed by atoms with Crippen LogP contribution in [0, 0.1) is 0 Å². The molecular formula is C11H15BrO3S. The van der Waals surface area contributed by atoms with Crippen molar-refractivity contribution in [2.75, 3.05) is 6.26 Å². The lowest BCUT2D eigenvalue weighted by molar-refractivity contribution is 0.169. The van der Waals surface area contributed by atoms with E-state index in [1.807, 2.05) is 0 Å². The van der Waals surface area contributed by atoms with Crippen molar-refractivity contribution in [3.63, 3.8) is 0 Å². The van der Waals surface area contributed by atoms with Crippen molar-refractivity contribution in [1.82, 2.24) is 0 Å². The van der Waals surface area contributed by atoms with Crippen LogP contribution in [0.15, 0.2) is 28.7 Å². The highest BCUT2D eigenvalue weighted by molar-refractivity contribution is 9.10. The van der Waals surface area contributed by atoms with Gasteiger partial charge in [0.05, 0.1) is 11.4 Å². The Bertz CT molecular complexity index is 439. The fraction of sp³-hybridized carbons (Fsp3) is 0.455. The van der Waals surface area contributed by atoms with Crippen LogP contribution in [0.4, 0.5) is 0 Å². The van der Waals surface area contributed by atoms with Crippen LogP contribution >= 0.6 is 15.9 Å². The molecule has 0 amide bonds.